The topological polar surface area (TPSA) is 41.1 Å². The first-order valence-corrected chi connectivity index (χ1v) is 7.24. The molecule has 0 bridgehead atoms. The zero-order valence-electron chi connectivity index (χ0n) is 13.0. The van der Waals surface area contributed by atoms with E-state index in [1.54, 1.807) is 0 Å². The number of hydrogen-bond acceptors (Lipinski definition) is 2. The fourth-order valence-electron chi connectivity index (χ4n) is 2.35. The van der Waals surface area contributed by atoms with Crippen LogP contribution in [-0.4, -0.2) is 25.5 Å². The van der Waals surface area contributed by atoms with E-state index >= 15 is 0 Å². The van der Waals surface area contributed by atoms with Crippen LogP contribution in [0.2, 0.25) is 0 Å². The van der Waals surface area contributed by atoms with Crippen LogP contribution in [-0.2, 0) is 10.2 Å². The van der Waals surface area contributed by atoms with Crippen LogP contribution in [0.15, 0.2) is 35.9 Å². The first-order chi connectivity index (χ1) is 9.50. The van der Waals surface area contributed by atoms with Gasteiger partial charge in [-0.05, 0) is 39.3 Å². The Kier molecular flexibility index (Phi) is 6.43. The third-order valence-electron chi connectivity index (χ3n) is 3.97. The average molecular weight is 309 g/mol. The minimum Gasteiger partial charge on any atom is -0.352 e. The summed E-state index contributed by atoms with van der Waals surface area (Å²) < 4.78 is 0. The van der Waals surface area contributed by atoms with Crippen molar-refractivity contribution >= 4 is 18.3 Å². The molecule has 1 amide bonds. The van der Waals surface area contributed by atoms with Gasteiger partial charge in [-0.15, -0.1) is 12.4 Å². The Balaban J connectivity index is 0.00000220. The van der Waals surface area contributed by atoms with Gasteiger partial charge < -0.3 is 10.6 Å². The van der Waals surface area contributed by atoms with Crippen LogP contribution in [0.25, 0.3) is 0 Å². The molecule has 0 aliphatic carbocycles. The molecule has 116 valence electrons. The highest BCUT2D eigenvalue weighted by Gasteiger charge is 2.29. The van der Waals surface area contributed by atoms with E-state index < -0.39 is 5.41 Å². The van der Waals surface area contributed by atoms with Gasteiger partial charge in [0, 0.05) is 13.1 Å². The number of carbonyl (C=O) groups is 1. The van der Waals surface area contributed by atoms with E-state index in [9.17, 15) is 4.79 Å². The molecule has 1 aliphatic rings. The number of benzene rings is 1. The second kappa shape index (κ2) is 7.62. The van der Waals surface area contributed by atoms with Crippen LogP contribution in [0.5, 0.6) is 0 Å². The predicted octanol–water partition coefficient (Wildman–Crippen LogP) is 2.73. The maximum Gasteiger partial charge on any atom is 0.230 e. The Morgan fingerprint density at radius 1 is 1.29 bits per heavy atom. The van der Waals surface area contributed by atoms with Crippen LogP contribution in [0.4, 0.5) is 0 Å². The van der Waals surface area contributed by atoms with Gasteiger partial charge in [-0.2, -0.15) is 0 Å². The first kappa shape index (κ1) is 17.7. The summed E-state index contributed by atoms with van der Waals surface area (Å²) in [5.41, 5.74) is 3.09. The molecule has 1 heterocycles. The normalized spacial score (nSPS) is 14.9. The Morgan fingerprint density at radius 3 is 2.52 bits per heavy atom. The molecule has 2 N–H and O–H groups in total. The molecule has 3 nitrogen and oxygen atoms in total. The molecule has 0 spiro atoms. The van der Waals surface area contributed by atoms with Crippen LogP contribution in [0, 0.1) is 6.92 Å². The molecule has 1 aromatic rings. The van der Waals surface area contributed by atoms with E-state index in [4.69, 9.17) is 0 Å². The summed E-state index contributed by atoms with van der Waals surface area (Å²) >= 11 is 0. The molecular formula is C17H25ClN2O. The largest absolute Gasteiger partial charge is 0.352 e. The molecule has 0 saturated carbocycles. The second-order valence-electron chi connectivity index (χ2n) is 5.99. The molecule has 0 radical (unpaired) electrons. The van der Waals surface area contributed by atoms with Crippen LogP contribution < -0.4 is 10.6 Å². The zero-order valence-corrected chi connectivity index (χ0v) is 13.8. The van der Waals surface area contributed by atoms with Gasteiger partial charge in [0.2, 0.25) is 5.91 Å². The fourth-order valence-corrected chi connectivity index (χ4v) is 2.35. The number of amides is 1. The van der Waals surface area contributed by atoms with Crippen LogP contribution in [0.1, 0.15) is 31.4 Å². The summed E-state index contributed by atoms with van der Waals surface area (Å²) in [6.45, 7) is 8.58. The Bertz CT molecular complexity index is 506. The van der Waals surface area contributed by atoms with Gasteiger partial charge in [0.05, 0.1) is 5.41 Å². The highest BCUT2D eigenvalue weighted by molar-refractivity contribution is 5.87. The van der Waals surface area contributed by atoms with Crippen molar-refractivity contribution in [3.63, 3.8) is 0 Å². The first-order valence-electron chi connectivity index (χ1n) is 7.24. The Labute approximate surface area is 133 Å². The summed E-state index contributed by atoms with van der Waals surface area (Å²) in [6, 6.07) is 8.19. The fraction of sp³-hybridized carbons (Fsp3) is 0.471. The van der Waals surface area contributed by atoms with E-state index in [0.29, 0.717) is 6.54 Å². The predicted molar refractivity (Wildman–Crippen MR) is 90.0 cm³/mol. The van der Waals surface area contributed by atoms with Crippen molar-refractivity contribution in [1.82, 2.24) is 10.6 Å². The van der Waals surface area contributed by atoms with E-state index in [2.05, 4.69) is 35.8 Å². The highest BCUT2D eigenvalue weighted by Crippen LogP contribution is 2.23. The Morgan fingerprint density at radius 2 is 1.95 bits per heavy atom. The molecule has 2 rings (SSSR count). The van der Waals surface area contributed by atoms with Crippen molar-refractivity contribution in [3.8, 4) is 0 Å². The van der Waals surface area contributed by atoms with Gasteiger partial charge >= 0.3 is 0 Å². The third-order valence-corrected chi connectivity index (χ3v) is 3.97. The lowest BCUT2D eigenvalue weighted by Crippen LogP contribution is -2.41. The smallest absolute Gasteiger partial charge is 0.230 e. The number of carbonyl (C=O) groups excluding carboxylic acids is 1. The monoisotopic (exact) mass is 308 g/mol. The van der Waals surface area contributed by atoms with Gasteiger partial charge in [0.25, 0.3) is 0 Å². The molecule has 1 aromatic carbocycles. The van der Waals surface area contributed by atoms with Gasteiger partial charge in [-0.25, -0.2) is 0 Å². The summed E-state index contributed by atoms with van der Waals surface area (Å²) in [4.78, 5) is 12.4. The van der Waals surface area contributed by atoms with Crippen molar-refractivity contribution in [2.45, 2.75) is 32.6 Å². The zero-order chi connectivity index (χ0) is 14.6. The Hall–Kier alpha value is -1.32. The molecule has 0 aromatic heterocycles. The third kappa shape index (κ3) is 4.58. The molecule has 0 fully saturated rings. The molecule has 0 atom stereocenters. The van der Waals surface area contributed by atoms with E-state index in [0.717, 1.165) is 25.1 Å². The SMILES string of the molecule is Cc1ccc(C(C)(C)C(=O)NCC2=CCNCC2)cc1.Cl. The van der Waals surface area contributed by atoms with E-state index in [1.807, 2.05) is 26.0 Å². The van der Waals surface area contributed by atoms with E-state index in [-0.39, 0.29) is 18.3 Å². The highest BCUT2D eigenvalue weighted by atomic mass is 35.5. The molecule has 0 saturated heterocycles. The van der Waals surface area contributed by atoms with Gasteiger partial charge in [-0.3, -0.25) is 4.79 Å². The van der Waals surface area contributed by atoms with Gasteiger partial charge in [0.1, 0.15) is 0 Å². The minimum atomic E-state index is -0.499. The minimum absolute atomic E-state index is 0. The van der Waals surface area contributed by atoms with Gasteiger partial charge in [0.15, 0.2) is 0 Å². The van der Waals surface area contributed by atoms with Gasteiger partial charge in [-0.1, -0.05) is 41.5 Å². The quantitative estimate of drug-likeness (QED) is 0.840. The number of rotatable bonds is 4. The number of hydrogen-bond donors (Lipinski definition) is 2. The molecular weight excluding hydrogens is 284 g/mol. The molecule has 4 heteroatoms. The summed E-state index contributed by atoms with van der Waals surface area (Å²) in [5, 5.41) is 6.35. The van der Waals surface area contributed by atoms with E-state index in [1.165, 1.54) is 11.1 Å². The summed E-state index contributed by atoms with van der Waals surface area (Å²) in [5.74, 6) is 0.0841. The lowest BCUT2D eigenvalue weighted by atomic mass is 9.83. The van der Waals surface area contributed by atoms with Crippen molar-refractivity contribution in [2.24, 2.45) is 0 Å². The number of halogens is 1. The maximum atomic E-state index is 12.4. The van der Waals surface area contributed by atoms with Crippen molar-refractivity contribution in [1.29, 1.82) is 0 Å². The molecule has 21 heavy (non-hydrogen) atoms. The summed E-state index contributed by atoms with van der Waals surface area (Å²) in [7, 11) is 0. The number of nitrogens with one attached hydrogen (secondary N) is 2. The standard InChI is InChI=1S/C17H24N2O.ClH/c1-13-4-6-15(7-5-13)17(2,3)16(20)19-12-14-8-10-18-11-9-14;/h4-8,18H,9-12H2,1-3H3,(H,19,20);1H. The number of aryl methyl sites for hydroxylation is 1. The average Bonchev–Trinajstić information content (AvgIpc) is 2.46. The van der Waals surface area contributed by atoms with Crippen molar-refractivity contribution < 1.29 is 4.79 Å². The maximum absolute atomic E-state index is 12.4. The molecule has 0 unspecified atom stereocenters. The van der Waals surface area contributed by atoms with Crippen molar-refractivity contribution in [2.75, 3.05) is 19.6 Å². The lowest BCUT2D eigenvalue weighted by Gasteiger charge is -2.25. The lowest BCUT2D eigenvalue weighted by molar-refractivity contribution is -0.125. The van der Waals surface area contributed by atoms with Crippen LogP contribution >= 0.6 is 12.4 Å². The second-order valence-corrected chi connectivity index (χ2v) is 5.99. The summed E-state index contributed by atoms with van der Waals surface area (Å²) in [6.07, 6.45) is 3.19. The van der Waals surface area contributed by atoms with Crippen molar-refractivity contribution in [3.05, 3.63) is 47.0 Å². The van der Waals surface area contributed by atoms with Crippen LogP contribution in [0.3, 0.4) is 0 Å². The molecule has 1 aliphatic heterocycles.